The Hall–Kier alpha value is -2.85. The van der Waals surface area contributed by atoms with Crippen LogP contribution >= 0.6 is 0 Å². The number of benzene rings is 2. The van der Waals surface area contributed by atoms with Crippen molar-refractivity contribution in [1.82, 2.24) is 5.32 Å². The highest BCUT2D eigenvalue weighted by atomic mass is 32.2. The molecule has 1 amide bonds. The second kappa shape index (κ2) is 8.88. The van der Waals surface area contributed by atoms with E-state index in [1.165, 1.54) is 6.07 Å². The minimum absolute atomic E-state index is 0.0583. The molecule has 2 N–H and O–H groups in total. The molecular weight excluding hydrogens is 403 g/mol. The van der Waals surface area contributed by atoms with Crippen LogP contribution in [-0.2, 0) is 26.8 Å². The Morgan fingerprint density at radius 2 is 1.80 bits per heavy atom. The maximum Gasteiger partial charge on any atom is 0.229 e. The molecule has 30 heavy (non-hydrogen) atoms. The van der Waals surface area contributed by atoms with E-state index in [9.17, 15) is 17.6 Å². The van der Waals surface area contributed by atoms with Gasteiger partial charge in [-0.25, -0.2) is 12.8 Å². The van der Waals surface area contributed by atoms with E-state index in [0.29, 0.717) is 16.7 Å². The van der Waals surface area contributed by atoms with Crippen molar-refractivity contribution < 1.29 is 17.6 Å². The molecule has 0 radical (unpaired) electrons. The molecule has 160 valence electrons. The minimum atomic E-state index is -3.76. The third-order valence-corrected chi connectivity index (χ3v) is 5.20. The third kappa shape index (κ3) is 5.61. The number of carbonyl (C=O) groups is 1. The zero-order valence-corrected chi connectivity index (χ0v) is 18.7. The number of terminal acetylenes is 1. The molecule has 2 rings (SSSR count). The molecule has 7 heteroatoms. The number of sulfonamides is 1. The predicted octanol–water partition coefficient (Wildman–Crippen LogP) is 4.17. The van der Waals surface area contributed by atoms with E-state index < -0.39 is 15.8 Å². The summed E-state index contributed by atoms with van der Waals surface area (Å²) in [6, 6.07) is 8.85. The molecule has 2 aromatic rings. The van der Waals surface area contributed by atoms with Gasteiger partial charge in [0.1, 0.15) is 11.5 Å². The van der Waals surface area contributed by atoms with Crippen LogP contribution < -0.4 is 10.0 Å². The van der Waals surface area contributed by atoms with Gasteiger partial charge >= 0.3 is 0 Å². The highest BCUT2D eigenvalue weighted by Crippen LogP contribution is 2.36. The molecule has 0 aliphatic heterocycles. The van der Waals surface area contributed by atoms with Crippen molar-refractivity contribution in [3.8, 4) is 23.5 Å². The maximum absolute atomic E-state index is 14.8. The molecule has 5 nitrogen and oxygen atoms in total. The molecule has 0 atom stereocenters. The normalized spacial score (nSPS) is 11.6. The lowest BCUT2D eigenvalue weighted by Gasteiger charge is -2.21. The standard InChI is InChI=1S/C23H27FN2O3S/c1-7-18-21(15-9-11-17(12-10-15)23(3,4)5)16(14-25-20(27)8-2)13-19(24)22(18)26-30(6,28)29/h1,9-13,26H,8,14H2,2-6H3,(H,25,27). The van der Waals surface area contributed by atoms with Crippen LogP contribution in [0.15, 0.2) is 30.3 Å². The van der Waals surface area contributed by atoms with Gasteiger partial charge in [0.05, 0.1) is 11.8 Å². The second-order valence-electron chi connectivity index (χ2n) is 8.12. The van der Waals surface area contributed by atoms with Crippen LogP contribution in [0.25, 0.3) is 11.1 Å². The molecule has 0 fully saturated rings. The molecule has 0 bridgehead atoms. The number of carbonyl (C=O) groups excluding carboxylic acids is 1. The number of hydrogen-bond acceptors (Lipinski definition) is 3. The zero-order valence-electron chi connectivity index (χ0n) is 17.9. The molecule has 0 aliphatic carbocycles. The van der Waals surface area contributed by atoms with Crippen molar-refractivity contribution in [2.45, 2.75) is 46.1 Å². The van der Waals surface area contributed by atoms with Crippen molar-refractivity contribution in [3.63, 3.8) is 0 Å². The van der Waals surface area contributed by atoms with Gasteiger partial charge in [-0.3, -0.25) is 9.52 Å². The Balaban J connectivity index is 2.73. The van der Waals surface area contributed by atoms with Gasteiger partial charge in [0.15, 0.2) is 0 Å². The van der Waals surface area contributed by atoms with Gasteiger partial charge in [0, 0.05) is 18.5 Å². The van der Waals surface area contributed by atoms with Crippen molar-refractivity contribution in [3.05, 3.63) is 52.8 Å². The summed E-state index contributed by atoms with van der Waals surface area (Å²) in [6.07, 6.45) is 6.90. The van der Waals surface area contributed by atoms with Crippen LogP contribution in [0, 0.1) is 18.2 Å². The van der Waals surface area contributed by atoms with E-state index in [0.717, 1.165) is 11.8 Å². The van der Waals surface area contributed by atoms with Gasteiger partial charge in [-0.1, -0.05) is 57.9 Å². The van der Waals surface area contributed by atoms with Gasteiger partial charge in [-0.15, -0.1) is 6.42 Å². The molecule has 0 saturated carbocycles. The van der Waals surface area contributed by atoms with Crippen LogP contribution in [0.4, 0.5) is 10.1 Å². The molecular formula is C23H27FN2O3S. The van der Waals surface area contributed by atoms with Crippen molar-refractivity contribution >= 4 is 21.6 Å². The molecule has 0 aromatic heterocycles. The van der Waals surface area contributed by atoms with Crippen LogP contribution in [0.5, 0.6) is 0 Å². The summed E-state index contributed by atoms with van der Waals surface area (Å²) in [7, 11) is -3.76. The summed E-state index contributed by atoms with van der Waals surface area (Å²) in [5.74, 6) is 1.44. The van der Waals surface area contributed by atoms with Gasteiger partial charge in [-0.05, 0) is 28.2 Å². The first-order valence-corrected chi connectivity index (χ1v) is 11.4. The first kappa shape index (κ1) is 23.4. The van der Waals surface area contributed by atoms with Gasteiger partial charge < -0.3 is 5.32 Å². The summed E-state index contributed by atoms with van der Waals surface area (Å²) < 4.78 is 40.5. The highest BCUT2D eigenvalue weighted by Gasteiger charge is 2.22. The third-order valence-electron chi connectivity index (χ3n) is 4.63. The average molecular weight is 431 g/mol. The quantitative estimate of drug-likeness (QED) is 0.676. The largest absolute Gasteiger partial charge is 0.352 e. The van der Waals surface area contributed by atoms with E-state index in [4.69, 9.17) is 6.42 Å². The number of halogens is 1. The van der Waals surface area contributed by atoms with Crippen molar-refractivity contribution in [1.29, 1.82) is 0 Å². The fraction of sp³-hybridized carbons (Fsp3) is 0.348. The topological polar surface area (TPSA) is 75.3 Å². The average Bonchev–Trinajstić information content (AvgIpc) is 2.65. The first-order valence-electron chi connectivity index (χ1n) is 9.54. The van der Waals surface area contributed by atoms with Gasteiger partial charge in [0.25, 0.3) is 0 Å². The molecule has 0 aliphatic rings. The Kier molecular flexibility index (Phi) is 6.94. The Morgan fingerprint density at radius 1 is 1.20 bits per heavy atom. The van der Waals surface area contributed by atoms with Crippen molar-refractivity contribution in [2.24, 2.45) is 0 Å². The molecule has 2 aromatic carbocycles. The van der Waals surface area contributed by atoms with Crippen LogP contribution in [0.3, 0.4) is 0 Å². The SMILES string of the molecule is C#Cc1c(NS(C)(=O)=O)c(F)cc(CNC(=O)CC)c1-c1ccc(C(C)(C)C)cc1. The van der Waals surface area contributed by atoms with Gasteiger partial charge in [-0.2, -0.15) is 0 Å². The Labute approximate surface area is 178 Å². The Bertz CT molecular complexity index is 1090. The summed E-state index contributed by atoms with van der Waals surface area (Å²) in [5, 5.41) is 2.73. The summed E-state index contributed by atoms with van der Waals surface area (Å²) in [4.78, 5) is 11.7. The second-order valence-corrected chi connectivity index (χ2v) is 9.87. The first-order chi connectivity index (χ1) is 13.9. The fourth-order valence-corrected chi connectivity index (χ4v) is 3.63. The number of rotatable bonds is 6. The lowest BCUT2D eigenvalue weighted by Crippen LogP contribution is -2.22. The van der Waals surface area contributed by atoms with Crippen LogP contribution in [0.2, 0.25) is 0 Å². The zero-order chi connectivity index (χ0) is 22.7. The molecule has 0 spiro atoms. The molecule has 0 heterocycles. The fourth-order valence-electron chi connectivity index (χ4n) is 3.06. The number of nitrogens with one attached hydrogen (secondary N) is 2. The van der Waals surface area contributed by atoms with E-state index in [-0.39, 0.29) is 35.5 Å². The van der Waals surface area contributed by atoms with E-state index in [1.54, 1.807) is 6.92 Å². The van der Waals surface area contributed by atoms with Crippen molar-refractivity contribution in [2.75, 3.05) is 11.0 Å². The van der Waals surface area contributed by atoms with E-state index in [1.807, 2.05) is 24.3 Å². The maximum atomic E-state index is 14.8. The number of hydrogen-bond donors (Lipinski definition) is 2. The molecule has 0 unspecified atom stereocenters. The predicted molar refractivity (Wildman–Crippen MR) is 119 cm³/mol. The number of anilines is 1. The van der Waals surface area contributed by atoms with Crippen LogP contribution in [0.1, 0.15) is 50.8 Å². The highest BCUT2D eigenvalue weighted by molar-refractivity contribution is 7.92. The van der Waals surface area contributed by atoms with E-state index in [2.05, 4.69) is 36.7 Å². The van der Waals surface area contributed by atoms with Gasteiger partial charge in [0.2, 0.25) is 15.9 Å². The Morgan fingerprint density at radius 3 is 2.27 bits per heavy atom. The lowest BCUT2D eigenvalue weighted by atomic mass is 9.85. The smallest absolute Gasteiger partial charge is 0.229 e. The summed E-state index contributed by atoms with van der Waals surface area (Å²) >= 11 is 0. The number of amides is 1. The summed E-state index contributed by atoms with van der Waals surface area (Å²) in [6.45, 7) is 8.05. The monoisotopic (exact) mass is 430 g/mol. The molecule has 0 saturated heterocycles. The van der Waals surface area contributed by atoms with Crippen LogP contribution in [-0.4, -0.2) is 20.6 Å². The minimum Gasteiger partial charge on any atom is -0.352 e. The van der Waals surface area contributed by atoms with E-state index >= 15 is 0 Å². The summed E-state index contributed by atoms with van der Waals surface area (Å²) in [5.41, 5.74) is 2.52. The lowest BCUT2D eigenvalue weighted by molar-refractivity contribution is -0.120.